The second-order valence-corrected chi connectivity index (χ2v) is 14.0. The Hall–Kier alpha value is -2.04. The molecular weight excluding hydrogens is 595 g/mol. The van der Waals surface area contributed by atoms with Gasteiger partial charge >= 0.3 is 7.82 Å². The lowest BCUT2D eigenvalue weighted by atomic mass is 9.62. The van der Waals surface area contributed by atoms with Gasteiger partial charge in [0, 0.05) is 29.2 Å². The van der Waals surface area contributed by atoms with Gasteiger partial charge in [-0.25, -0.2) is 8.96 Å². The highest BCUT2D eigenvalue weighted by Crippen LogP contribution is 2.57. The normalized spacial score (nSPS) is 24.8. The van der Waals surface area contributed by atoms with E-state index in [0.29, 0.717) is 29.1 Å². The molecule has 2 aromatic rings. The van der Waals surface area contributed by atoms with Gasteiger partial charge < -0.3 is 25.7 Å². The summed E-state index contributed by atoms with van der Waals surface area (Å²) in [6.07, 6.45) is 0.412. The van der Waals surface area contributed by atoms with Gasteiger partial charge in [0.15, 0.2) is 0 Å². The molecule has 41 heavy (non-hydrogen) atoms. The molecule has 13 heteroatoms. The number of fused-ring (bicyclic) bond motifs is 2. The molecule has 2 aromatic carbocycles. The van der Waals surface area contributed by atoms with Crippen LogP contribution in [0, 0.1) is 11.2 Å². The van der Waals surface area contributed by atoms with Gasteiger partial charge in [-0.3, -0.25) is 14.1 Å². The van der Waals surface area contributed by atoms with Crippen molar-refractivity contribution in [1.82, 2.24) is 10.6 Å². The third-order valence-corrected chi connectivity index (χ3v) is 8.79. The number of carbonyl (C=O) groups is 2. The molecule has 2 aliphatic heterocycles. The summed E-state index contributed by atoms with van der Waals surface area (Å²) in [5.74, 6) is -2.47. The molecule has 0 unspecified atom stereocenters. The van der Waals surface area contributed by atoms with Gasteiger partial charge in [-0.2, -0.15) is 0 Å². The van der Waals surface area contributed by atoms with Crippen molar-refractivity contribution < 1.29 is 32.9 Å². The number of hydrogen-bond acceptors (Lipinski definition) is 5. The number of rotatable bonds is 9. The van der Waals surface area contributed by atoms with Crippen molar-refractivity contribution >= 4 is 48.5 Å². The molecule has 2 heterocycles. The maximum atomic E-state index is 15.8. The molecule has 5 N–H and O–H groups in total. The van der Waals surface area contributed by atoms with Crippen LogP contribution in [-0.2, 0) is 24.1 Å². The van der Waals surface area contributed by atoms with Gasteiger partial charge in [-0.1, -0.05) is 62.2 Å². The smallest absolute Gasteiger partial charge is 0.355 e. The van der Waals surface area contributed by atoms with Crippen molar-refractivity contribution in [2.75, 3.05) is 11.9 Å². The van der Waals surface area contributed by atoms with Gasteiger partial charge in [0.1, 0.15) is 11.2 Å². The Morgan fingerprint density at radius 3 is 2.61 bits per heavy atom. The lowest BCUT2D eigenvalue weighted by molar-refractivity contribution is -0.123. The largest absolute Gasteiger partial charge is 0.469 e. The highest BCUT2D eigenvalue weighted by atomic mass is 35.5. The second kappa shape index (κ2) is 11.9. The number of benzene rings is 2. The van der Waals surface area contributed by atoms with E-state index < -0.39 is 49.1 Å². The van der Waals surface area contributed by atoms with Crippen molar-refractivity contribution in [3.8, 4) is 0 Å². The monoisotopic (exact) mass is 629 g/mol. The molecule has 0 bridgehead atoms. The minimum absolute atomic E-state index is 0.121. The third-order valence-electron chi connectivity index (χ3n) is 7.62. The van der Waals surface area contributed by atoms with Gasteiger partial charge in [0.05, 0.1) is 17.2 Å². The van der Waals surface area contributed by atoms with E-state index in [-0.39, 0.29) is 34.9 Å². The van der Waals surface area contributed by atoms with E-state index >= 15 is 4.39 Å². The van der Waals surface area contributed by atoms with E-state index in [4.69, 9.17) is 33.0 Å². The fourth-order valence-corrected chi connectivity index (χ4v) is 7.08. The zero-order valence-electron chi connectivity index (χ0n) is 23.2. The van der Waals surface area contributed by atoms with Crippen LogP contribution in [0.1, 0.15) is 64.0 Å². The van der Waals surface area contributed by atoms with E-state index in [9.17, 15) is 14.2 Å². The Morgan fingerprint density at radius 2 is 1.95 bits per heavy atom. The summed E-state index contributed by atoms with van der Waals surface area (Å²) in [4.78, 5) is 45.9. The number of carbonyl (C=O) groups excluding carboxylic acids is 2. The maximum absolute atomic E-state index is 15.8. The van der Waals surface area contributed by atoms with E-state index in [1.54, 1.807) is 30.3 Å². The Morgan fingerprint density at radius 1 is 1.24 bits per heavy atom. The van der Waals surface area contributed by atoms with Crippen molar-refractivity contribution in [2.24, 2.45) is 5.41 Å². The third kappa shape index (κ3) is 6.64. The fourth-order valence-electron chi connectivity index (χ4n) is 6.15. The van der Waals surface area contributed by atoms with E-state index in [2.05, 4.69) is 20.5 Å². The Bertz CT molecular complexity index is 1380. The maximum Gasteiger partial charge on any atom is 0.469 e. The van der Waals surface area contributed by atoms with E-state index in [1.807, 2.05) is 20.8 Å². The first-order chi connectivity index (χ1) is 19.0. The summed E-state index contributed by atoms with van der Waals surface area (Å²) in [7, 11) is -4.62. The van der Waals surface area contributed by atoms with Crippen LogP contribution < -0.4 is 16.0 Å². The number of anilines is 1. The zero-order valence-corrected chi connectivity index (χ0v) is 25.6. The van der Waals surface area contributed by atoms with Crippen LogP contribution >= 0.6 is 31.0 Å². The number of halogens is 3. The summed E-state index contributed by atoms with van der Waals surface area (Å²) in [6.45, 7) is 7.79. The van der Waals surface area contributed by atoms with Crippen LogP contribution in [0.2, 0.25) is 10.0 Å². The fraction of sp³-hybridized carbons (Fsp3) is 0.500. The Balaban J connectivity index is 1.75. The first-order valence-electron chi connectivity index (χ1n) is 13.4. The zero-order chi connectivity index (χ0) is 30.3. The average molecular weight is 630 g/mol. The number of phosphoric ester groups is 1. The van der Waals surface area contributed by atoms with Crippen molar-refractivity contribution in [3.63, 3.8) is 0 Å². The van der Waals surface area contributed by atoms with Crippen LogP contribution in [0.4, 0.5) is 10.1 Å². The van der Waals surface area contributed by atoms with Crippen LogP contribution in [0.15, 0.2) is 36.4 Å². The van der Waals surface area contributed by atoms with E-state index in [0.717, 1.165) is 0 Å². The van der Waals surface area contributed by atoms with Crippen LogP contribution in [0.3, 0.4) is 0 Å². The molecule has 224 valence electrons. The van der Waals surface area contributed by atoms with Crippen molar-refractivity contribution in [1.29, 1.82) is 0 Å². The second-order valence-electron chi connectivity index (χ2n) is 11.9. The Labute approximate surface area is 248 Å². The SMILES string of the molecule is C[C@@H](CCCNC(=O)[C@@H]1N[C@H](CC(C)(C)C)[C@]2(C(=O)Nc3cc(Cl)ccc32)[C@H]1c1cccc(Cl)c1F)OP(=O)(O)O. The van der Waals surface area contributed by atoms with Crippen LogP contribution in [0.5, 0.6) is 0 Å². The molecule has 0 aromatic heterocycles. The number of hydrogen-bond donors (Lipinski definition) is 5. The molecule has 1 spiro atoms. The van der Waals surface area contributed by atoms with Gasteiger partial charge in [-0.05, 0) is 60.9 Å². The highest BCUT2D eigenvalue weighted by molar-refractivity contribution is 7.46. The molecule has 9 nitrogen and oxygen atoms in total. The molecule has 1 fully saturated rings. The van der Waals surface area contributed by atoms with Crippen LogP contribution in [-0.4, -0.2) is 46.3 Å². The molecule has 5 atom stereocenters. The molecule has 2 aliphatic rings. The van der Waals surface area contributed by atoms with Crippen LogP contribution in [0.25, 0.3) is 0 Å². The molecule has 1 saturated heterocycles. The van der Waals surface area contributed by atoms with Gasteiger partial charge in [0.2, 0.25) is 11.8 Å². The average Bonchev–Trinajstić information content (AvgIpc) is 3.31. The molecular formula is C28H35Cl2FN3O6P. The minimum Gasteiger partial charge on any atom is -0.355 e. The topological polar surface area (TPSA) is 137 Å². The van der Waals surface area contributed by atoms with Crippen molar-refractivity contribution in [2.45, 2.75) is 76.5 Å². The standard InChI is InChI=1S/C28H35Cl2FN3O6P/c1-15(40-41(37,38)39)7-6-12-32-25(35)24-22(17-8-5-9-19(30)23(17)31)28(21(34-24)14-27(2,3)4)18-11-10-16(29)13-20(18)33-26(28)36/h5,8-11,13,15,21-22,24,34H,6-7,12,14H2,1-4H3,(H,32,35)(H,33,36)(H2,37,38,39)/t15-,21+,22-,24+,28-/m0/s1. The molecule has 2 amide bonds. The predicted molar refractivity (Wildman–Crippen MR) is 156 cm³/mol. The Kier molecular flexibility index (Phi) is 9.27. The van der Waals surface area contributed by atoms with Crippen molar-refractivity contribution in [3.05, 3.63) is 63.4 Å². The molecule has 0 radical (unpaired) electrons. The number of nitrogens with one attached hydrogen (secondary N) is 3. The lowest BCUT2D eigenvalue weighted by Crippen LogP contribution is -2.49. The minimum atomic E-state index is -4.62. The summed E-state index contributed by atoms with van der Waals surface area (Å²) < 4.78 is 31.5. The summed E-state index contributed by atoms with van der Waals surface area (Å²) >= 11 is 12.5. The predicted octanol–water partition coefficient (Wildman–Crippen LogP) is 5.28. The summed E-state index contributed by atoms with van der Waals surface area (Å²) in [5, 5.41) is 9.50. The first-order valence-corrected chi connectivity index (χ1v) is 15.7. The molecule has 0 saturated carbocycles. The summed E-state index contributed by atoms with van der Waals surface area (Å²) in [5.41, 5.74) is -0.347. The molecule has 4 rings (SSSR count). The highest BCUT2D eigenvalue weighted by Gasteiger charge is 2.66. The first kappa shape index (κ1) is 31.9. The van der Waals surface area contributed by atoms with E-state index in [1.165, 1.54) is 13.0 Å². The number of phosphoric acid groups is 1. The quantitative estimate of drug-likeness (QED) is 0.188. The lowest BCUT2D eigenvalue weighted by Gasteiger charge is -2.37. The molecule has 0 aliphatic carbocycles. The van der Waals surface area contributed by atoms with Gasteiger partial charge in [-0.15, -0.1) is 0 Å². The van der Waals surface area contributed by atoms with Gasteiger partial charge in [0.25, 0.3) is 0 Å². The summed E-state index contributed by atoms with van der Waals surface area (Å²) in [6, 6.07) is 8.08. The number of amides is 2.